The van der Waals surface area contributed by atoms with Gasteiger partial charge in [0.1, 0.15) is 16.9 Å². The number of piperidine rings is 1. The summed E-state index contributed by atoms with van der Waals surface area (Å²) in [5.74, 6) is 1.30. The third-order valence-electron chi connectivity index (χ3n) is 6.94. The van der Waals surface area contributed by atoms with Gasteiger partial charge in [-0.3, -0.25) is 19.8 Å². The fourth-order valence-electron chi connectivity index (χ4n) is 5.32. The summed E-state index contributed by atoms with van der Waals surface area (Å²) in [4.78, 5) is 28.7. The monoisotopic (exact) mass is 424 g/mol. The van der Waals surface area contributed by atoms with Crippen molar-refractivity contribution in [2.45, 2.75) is 25.4 Å². The standard InChI is InChI=1S/C26H24N4O2/c1-17-15-27-16-20-23(17)18-5-2-3-8-22(18)32-26(20)9-13-30(14-10-26)25(31)19-6-4-7-21-24(19)29-12-11-28-21/h2-8,11-12,16-17H,9-10,13-15H2,1H3. The highest BCUT2D eigenvalue weighted by Gasteiger charge is 2.46. The number of dihydropyridines is 1. The Labute approximate surface area is 186 Å². The molecule has 0 saturated carbocycles. The van der Waals surface area contributed by atoms with Crippen LogP contribution < -0.4 is 4.74 Å². The third-order valence-corrected chi connectivity index (χ3v) is 6.94. The lowest BCUT2D eigenvalue weighted by Gasteiger charge is -2.47. The molecule has 3 aliphatic rings. The Balaban J connectivity index is 1.32. The molecule has 1 fully saturated rings. The molecule has 4 heterocycles. The number of benzene rings is 2. The van der Waals surface area contributed by atoms with Crippen LogP contribution in [0.1, 0.15) is 35.7 Å². The quantitative estimate of drug-likeness (QED) is 0.588. The van der Waals surface area contributed by atoms with Crippen LogP contribution >= 0.6 is 0 Å². The number of aromatic nitrogens is 2. The largest absolute Gasteiger partial charge is 0.482 e. The van der Waals surface area contributed by atoms with Crippen LogP contribution in [0, 0.1) is 5.92 Å². The van der Waals surface area contributed by atoms with E-state index in [1.807, 2.05) is 35.4 Å². The Morgan fingerprint density at radius 2 is 1.88 bits per heavy atom. The lowest BCUT2D eigenvalue weighted by molar-refractivity contribution is 0.0289. The molecule has 1 atom stereocenters. The molecule has 1 amide bonds. The topological polar surface area (TPSA) is 67.7 Å². The molecule has 3 aliphatic heterocycles. The van der Waals surface area contributed by atoms with Gasteiger partial charge < -0.3 is 9.64 Å². The molecule has 2 aromatic carbocycles. The fourth-order valence-corrected chi connectivity index (χ4v) is 5.32. The number of aliphatic imine (C=N–C) groups is 1. The van der Waals surface area contributed by atoms with Crippen molar-refractivity contribution in [1.29, 1.82) is 0 Å². The number of para-hydroxylation sites is 2. The van der Waals surface area contributed by atoms with Crippen molar-refractivity contribution in [2.75, 3.05) is 19.6 Å². The first kappa shape index (κ1) is 19.2. The van der Waals surface area contributed by atoms with Gasteiger partial charge in [-0.2, -0.15) is 0 Å². The molecule has 6 rings (SSSR count). The highest BCUT2D eigenvalue weighted by molar-refractivity contribution is 6.04. The van der Waals surface area contributed by atoms with Crippen molar-refractivity contribution in [3.8, 4) is 5.75 Å². The van der Waals surface area contributed by atoms with E-state index in [9.17, 15) is 4.79 Å². The zero-order valence-corrected chi connectivity index (χ0v) is 18.0. The SMILES string of the molecule is CC1CN=CC2=C1c1ccccc1OC21CCN(C(=O)c2cccc3nccnc23)CC1. The highest BCUT2D eigenvalue weighted by atomic mass is 16.5. The molecule has 0 radical (unpaired) electrons. The summed E-state index contributed by atoms with van der Waals surface area (Å²) in [6.07, 6.45) is 6.78. The molecule has 0 aliphatic carbocycles. The van der Waals surface area contributed by atoms with Crippen LogP contribution in [0.3, 0.4) is 0 Å². The first-order valence-electron chi connectivity index (χ1n) is 11.2. The van der Waals surface area contributed by atoms with Crippen LogP contribution in [-0.2, 0) is 0 Å². The molecule has 0 N–H and O–H groups in total. The minimum atomic E-state index is -0.433. The van der Waals surface area contributed by atoms with Gasteiger partial charge in [0.25, 0.3) is 5.91 Å². The molecule has 1 spiro atoms. The predicted octanol–water partition coefficient (Wildman–Crippen LogP) is 4.17. The maximum absolute atomic E-state index is 13.4. The molecule has 1 aromatic heterocycles. The Morgan fingerprint density at radius 3 is 2.75 bits per heavy atom. The number of carbonyl (C=O) groups excluding carboxylic acids is 1. The van der Waals surface area contributed by atoms with Crippen LogP contribution in [0.5, 0.6) is 5.75 Å². The molecule has 6 heteroatoms. The second kappa shape index (κ2) is 7.26. The van der Waals surface area contributed by atoms with Crippen molar-refractivity contribution in [1.82, 2.24) is 14.9 Å². The highest BCUT2D eigenvalue weighted by Crippen LogP contribution is 2.48. The van der Waals surface area contributed by atoms with Gasteiger partial charge in [0, 0.05) is 68.1 Å². The number of amides is 1. The molecule has 1 saturated heterocycles. The van der Waals surface area contributed by atoms with E-state index >= 15 is 0 Å². The third kappa shape index (κ3) is 2.86. The van der Waals surface area contributed by atoms with E-state index in [4.69, 9.17) is 4.74 Å². The van der Waals surface area contributed by atoms with Gasteiger partial charge in [-0.05, 0) is 23.8 Å². The van der Waals surface area contributed by atoms with Gasteiger partial charge in [0.15, 0.2) is 0 Å². The fraction of sp³-hybridized carbons (Fsp3) is 0.308. The molecule has 0 bridgehead atoms. The van der Waals surface area contributed by atoms with E-state index in [0.29, 0.717) is 30.1 Å². The number of fused-ring (bicyclic) bond motifs is 4. The van der Waals surface area contributed by atoms with E-state index in [2.05, 4.69) is 40.1 Å². The van der Waals surface area contributed by atoms with Crippen molar-refractivity contribution < 1.29 is 9.53 Å². The summed E-state index contributed by atoms with van der Waals surface area (Å²) >= 11 is 0. The molecule has 1 unspecified atom stereocenters. The van der Waals surface area contributed by atoms with E-state index < -0.39 is 5.60 Å². The van der Waals surface area contributed by atoms with Crippen molar-refractivity contribution >= 4 is 28.7 Å². The smallest absolute Gasteiger partial charge is 0.256 e. The lowest BCUT2D eigenvalue weighted by atomic mass is 9.74. The van der Waals surface area contributed by atoms with Gasteiger partial charge in [-0.1, -0.05) is 31.2 Å². The average molecular weight is 425 g/mol. The number of carbonyl (C=O) groups is 1. The summed E-state index contributed by atoms with van der Waals surface area (Å²) in [5.41, 5.74) is 5.29. The van der Waals surface area contributed by atoms with Crippen molar-refractivity contribution in [3.05, 3.63) is 71.6 Å². The van der Waals surface area contributed by atoms with E-state index in [-0.39, 0.29) is 5.91 Å². The Kier molecular flexibility index (Phi) is 4.35. The van der Waals surface area contributed by atoms with Gasteiger partial charge in [0.05, 0.1) is 11.1 Å². The summed E-state index contributed by atoms with van der Waals surface area (Å²) < 4.78 is 6.67. The second-order valence-electron chi connectivity index (χ2n) is 8.84. The minimum absolute atomic E-state index is 0.00189. The predicted molar refractivity (Wildman–Crippen MR) is 124 cm³/mol. The van der Waals surface area contributed by atoms with Crippen LogP contribution in [-0.4, -0.2) is 52.2 Å². The summed E-state index contributed by atoms with van der Waals surface area (Å²) in [6.45, 7) is 4.28. The first-order valence-corrected chi connectivity index (χ1v) is 11.2. The normalized spacial score (nSPS) is 21.3. The van der Waals surface area contributed by atoms with E-state index in [0.717, 1.165) is 30.7 Å². The molecule has 32 heavy (non-hydrogen) atoms. The average Bonchev–Trinajstić information content (AvgIpc) is 2.84. The second-order valence-corrected chi connectivity index (χ2v) is 8.84. The number of hydrogen-bond acceptors (Lipinski definition) is 5. The number of likely N-dealkylation sites (tertiary alicyclic amines) is 1. The van der Waals surface area contributed by atoms with Crippen LogP contribution in [0.15, 0.2) is 65.4 Å². The maximum atomic E-state index is 13.4. The summed E-state index contributed by atoms with van der Waals surface area (Å²) in [7, 11) is 0. The van der Waals surface area contributed by atoms with Gasteiger partial charge in [-0.25, -0.2) is 0 Å². The lowest BCUT2D eigenvalue weighted by Crippen LogP contribution is -2.53. The number of nitrogens with zero attached hydrogens (tertiary/aromatic N) is 4. The molecular formula is C26H24N4O2. The van der Waals surface area contributed by atoms with E-state index in [1.54, 1.807) is 12.4 Å². The van der Waals surface area contributed by atoms with Crippen LogP contribution in [0.2, 0.25) is 0 Å². The van der Waals surface area contributed by atoms with Crippen molar-refractivity contribution in [2.24, 2.45) is 10.9 Å². The van der Waals surface area contributed by atoms with Gasteiger partial charge in [-0.15, -0.1) is 0 Å². The zero-order valence-electron chi connectivity index (χ0n) is 18.0. The number of ether oxygens (including phenoxy) is 1. The molecule has 160 valence electrons. The van der Waals surface area contributed by atoms with Crippen LogP contribution in [0.25, 0.3) is 16.6 Å². The van der Waals surface area contributed by atoms with Gasteiger partial charge in [0.2, 0.25) is 0 Å². The number of rotatable bonds is 1. The van der Waals surface area contributed by atoms with Crippen LogP contribution in [0.4, 0.5) is 0 Å². The van der Waals surface area contributed by atoms with Crippen molar-refractivity contribution in [3.63, 3.8) is 0 Å². The summed E-state index contributed by atoms with van der Waals surface area (Å²) in [5, 5.41) is 0. The van der Waals surface area contributed by atoms with E-state index in [1.165, 1.54) is 16.7 Å². The maximum Gasteiger partial charge on any atom is 0.256 e. The molecule has 3 aromatic rings. The zero-order chi connectivity index (χ0) is 21.7. The Morgan fingerprint density at radius 1 is 1.06 bits per heavy atom. The molecule has 6 nitrogen and oxygen atoms in total. The van der Waals surface area contributed by atoms with Gasteiger partial charge >= 0.3 is 0 Å². The molecular weight excluding hydrogens is 400 g/mol. The minimum Gasteiger partial charge on any atom is -0.482 e. The summed E-state index contributed by atoms with van der Waals surface area (Å²) in [6, 6.07) is 13.9. The Hall–Kier alpha value is -3.54. The Bertz CT molecular complexity index is 1280. The number of hydrogen-bond donors (Lipinski definition) is 0. The first-order chi connectivity index (χ1) is 15.7.